The maximum absolute atomic E-state index is 11.6. The van der Waals surface area contributed by atoms with Gasteiger partial charge in [-0.25, -0.2) is 9.78 Å². The first kappa shape index (κ1) is 19.0. The second-order valence-electron chi connectivity index (χ2n) is 4.97. The van der Waals surface area contributed by atoms with E-state index in [2.05, 4.69) is 16.9 Å². The zero-order chi connectivity index (χ0) is 18.6. The Labute approximate surface area is 152 Å². The summed E-state index contributed by atoms with van der Waals surface area (Å²) in [6.07, 6.45) is -1.70. The third-order valence-electron chi connectivity index (χ3n) is 3.09. The van der Waals surface area contributed by atoms with Crippen molar-refractivity contribution in [3.05, 3.63) is 40.7 Å². The molecule has 2 unspecified atom stereocenters. The highest BCUT2D eigenvalue weighted by Gasteiger charge is 2.30. The van der Waals surface area contributed by atoms with E-state index >= 15 is 0 Å². The number of alkyl carbamates (subject to hydrolysis) is 1. The number of aliphatic hydroxyl groups is 1. The van der Waals surface area contributed by atoms with Gasteiger partial charge in [0.15, 0.2) is 11.7 Å². The Morgan fingerprint density at radius 3 is 2.80 bits per heavy atom. The SMILES string of the molecule is C=CCOC(=O)NC(CC(=O)O)C(O)c1nc2cc(Cl)cc(Cl)c2o1. The first-order valence-corrected chi connectivity index (χ1v) is 7.77. The first-order valence-electron chi connectivity index (χ1n) is 7.01. The van der Waals surface area contributed by atoms with Crippen LogP contribution in [-0.2, 0) is 9.53 Å². The van der Waals surface area contributed by atoms with Crippen molar-refractivity contribution < 1.29 is 29.0 Å². The molecule has 2 atom stereocenters. The summed E-state index contributed by atoms with van der Waals surface area (Å²) in [5.41, 5.74) is 0.471. The summed E-state index contributed by atoms with van der Waals surface area (Å²) in [7, 11) is 0. The molecule has 0 saturated heterocycles. The summed E-state index contributed by atoms with van der Waals surface area (Å²) < 4.78 is 10.1. The second kappa shape index (κ2) is 8.19. The van der Waals surface area contributed by atoms with Gasteiger partial charge in [0, 0.05) is 5.02 Å². The summed E-state index contributed by atoms with van der Waals surface area (Å²) in [5, 5.41) is 22.1. The van der Waals surface area contributed by atoms with Crippen molar-refractivity contribution in [3.8, 4) is 0 Å². The lowest BCUT2D eigenvalue weighted by Gasteiger charge is -2.20. The Hall–Kier alpha value is -2.29. The number of hydrogen-bond donors (Lipinski definition) is 3. The van der Waals surface area contributed by atoms with Gasteiger partial charge in [0.2, 0.25) is 5.89 Å². The summed E-state index contributed by atoms with van der Waals surface area (Å²) in [5.74, 6) is -1.46. The number of halogens is 2. The minimum absolute atomic E-state index is 0.0707. The van der Waals surface area contributed by atoms with Crippen molar-refractivity contribution in [2.24, 2.45) is 0 Å². The highest BCUT2D eigenvalue weighted by Crippen LogP contribution is 2.31. The number of carboxylic acid groups (broad SMARTS) is 1. The van der Waals surface area contributed by atoms with Crippen molar-refractivity contribution in [2.75, 3.05) is 6.61 Å². The van der Waals surface area contributed by atoms with Crippen molar-refractivity contribution >= 4 is 46.4 Å². The maximum atomic E-state index is 11.6. The van der Waals surface area contributed by atoms with Crippen LogP contribution in [0.1, 0.15) is 18.4 Å². The van der Waals surface area contributed by atoms with Crippen LogP contribution in [0.15, 0.2) is 29.2 Å². The molecule has 2 rings (SSSR count). The molecule has 1 amide bonds. The van der Waals surface area contributed by atoms with Gasteiger partial charge in [-0.15, -0.1) is 0 Å². The number of nitrogens with zero attached hydrogens (tertiary/aromatic N) is 1. The number of aromatic nitrogens is 1. The number of carboxylic acids is 1. The number of nitrogens with one attached hydrogen (secondary N) is 1. The molecule has 2 aromatic rings. The average molecular weight is 389 g/mol. The molecule has 0 radical (unpaired) electrons. The van der Waals surface area contributed by atoms with E-state index in [1.54, 1.807) is 0 Å². The molecule has 8 nitrogen and oxygen atoms in total. The van der Waals surface area contributed by atoms with E-state index in [0.29, 0.717) is 5.02 Å². The number of oxazole rings is 1. The average Bonchev–Trinajstić information content (AvgIpc) is 2.95. The Bertz CT molecular complexity index is 807. The molecule has 0 saturated carbocycles. The Balaban J connectivity index is 2.27. The van der Waals surface area contributed by atoms with Crippen LogP contribution < -0.4 is 5.32 Å². The number of hydrogen-bond acceptors (Lipinski definition) is 6. The van der Waals surface area contributed by atoms with E-state index in [-0.39, 0.29) is 28.6 Å². The molecule has 25 heavy (non-hydrogen) atoms. The lowest BCUT2D eigenvalue weighted by atomic mass is 10.1. The third-order valence-corrected chi connectivity index (χ3v) is 3.59. The lowest BCUT2D eigenvalue weighted by molar-refractivity contribution is -0.138. The van der Waals surface area contributed by atoms with Gasteiger partial charge in [0.1, 0.15) is 12.1 Å². The molecule has 0 aliphatic carbocycles. The van der Waals surface area contributed by atoms with Crippen LogP contribution in [0, 0.1) is 0 Å². The molecule has 3 N–H and O–H groups in total. The van der Waals surface area contributed by atoms with E-state index in [1.807, 2.05) is 0 Å². The van der Waals surface area contributed by atoms with Gasteiger partial charge in [-0.3, -0.25) is 4.79 Å². The number of ether oxygens (including phenoxy) is 1. The highest BCUT2D eigenvalue weighted by molar-refractivity contribution is 6.37. The summed E-state index contributed by atoms with van der Waals surface area (Å²) in [6.45, 7) is 3.31. The standard InChI is InChI=1S/C15H14Cl2N2O6/c1-2-3-24-15(23)19-9(6-11(20)21)12(22)14-18-10-5-7(16)4-8(17)13(10)25-14/h2,4-5,9,12,22H,1,3,6H2,(H,19,23)(H,20,21). The van der Waals surface area contributed by atoms with Gasteiger partial charge in [0.05, 0.1) is 17.5 Å². The molecule has 1 heterocycles. The molecule has 0 aliphatic rings. The molecule has 1 aromatic carbocycles. The zero-order valence-electron chi connectivity index (χ0n) is 12.7. The number of benzene rings is 1. The van der Waals surface area contributed by atoms with E-state index in [0.717, 1.165) is 0 Å². The molecular formula is C15H14Cl2N2O6. The predicted octanol–water partition coefficient (Wildman–Crippen LogP) is 2.92. The Morgan fingerprint density at radius 1 is 1.44 bits per heavy atom. The number of carbonyl (C=O) groups excluding carboxylic acids is 1. The molecular weight excluding hydrogens is 375 g/mol. The molecule has 0 aliphatic heterocycles. The quantitative estimate of drug-likeness (QED) is 0.623. The fourth-order valence-corrected chi connectivity index (χ4v) is 2.55. The van der Waals surface area contributed by atoms with Crippen LogP contribution in [0.5, 0.6) is 0 Å². The van der Waals surface area contributed by atoms with E-state index in [1.165, 1.54) is 18.2 Å². The number of carbonyl (C=O) groups is 2. The van der Waals surface area contributed by atoms with Gasteiger partial charge in [-0.2, -0.15) is 0 Å². The van der Waals surface area contributed by atoms with E-state index in [4.69, 9.17) is 37.5 Å². The molecule has 0 spiro atoms. The fraction of sp³-hybridized carbons (Fsp3) is 0.267. The lowest BCUT2D eigenvalue weighted by Crippen LogP contribution is -2.41. The van der Waals surface area contributed by atoms with Crippen LogP contribution in [0.4, 0.5) is 4.79 Å². The molecule has 0 bridgehead atoms. The van der Waals surface area contributed by atoms with Gasteiger partial charge < -0.3 is 24.7 Å². The number of fused-ring (bicyclic) bond motifs is 1. The third kappa shape index (κ3) is 4.85. The minimum Gasteiger partial charge on any atom is -0.481 e. The number of rotatable bonds is 7. The van der Waals surface area contributed by atoms with Crippen LogP contribution in [0.25, 0.3) is 11.1 Å². The number of aliphatic carboxylic acids is 1. The van der Waals surface area contributed by atoms with Gasteiger partial charge in [-0.05, 0) is 12.1 Å². The van der Waals surface area contributed by atoms with E-state index in [9.17, 15) is 14.7 Å². The van der Waals surface area contributed by atoms with Crippen LogP contribution in [-0.4, -0.2) is 39.9 Å². The first-order chi connectivity index (χ1) is 11.8. The Morgan fingerprint density at radius 2 is 2.16 bits per heavy atom. The molecule has 10 heteroatoms. The smallest absolute Gasteiger partial charge is 0.407 e. The summed E-state index contributed by atoms with van der Waals surface area (Å²) in [6, 6.07) is 1.67. The van der Waals surface area contributed by atoms with Crippen LogP contribution in [0.2, 0.25) is 10.0 Å². The maximum Gasteiger partial charge on any atom is 0.407 e. The number of amides is 1. The van der Waals surface area contributed by atoms with Crippen molar-refractivity contribution in [2.45, 2.75) is 18.6 Å². The van der Waals surface area contributed by atoms with Gasteiger partial charge >= 0.3 is 12.1 Å². The molecule has 134 valence electrons. The Kier molecular flexibility index (Phi) is 6.24. The van der Waals surface area contributed by atoms with Gasteiger partial charge in [0.25, 0.3) is 0 Å². The zero-order valence-corrected chi connectivity index (χ0v) is 14.3. The largest absolute Gasteiger partial charge is 0.481 e. The number of aliphatic hydroxyl groups excluding tert-OH is 1. The highest BCUT2D eigenvalue weighted by atomic mass is 35.5. The van der Waals surface area contributed by atoms with Crippen molar-refractivity contribution in [1.29, 1.82) is 0 Å². The van der Waals surface area contributed by atoms with Crippen LogP contribution in [0.3, 0.4) is 0 Å². The molecule has 1 aromatic heterocycles. The topological polar surface area (TPSA) is 122 Å². The minimum atomic E-state index is -1.55. The normalized spacial score (nSPS) is 13.2. The van der Waals surface area contributed by atoms with Crippen molar-refractivity contribution in [3.63, 3.8) is 0 Å². The fourth-order valence-electron chi connectivity index (χ4n) is 2.03. The van der Waals surface area contributed by atoms with Gasteiger partial charge in [-0.1, -0.05) is 35.9 Å². The van der Waals surface area contributed by atoms with Crippen LogP contribution >= 0.6 is 23.2 Å². The monoisotopic (exact) mass is 388 g/mol. The van der Waals surface area contributed by atoms with E-state index < -0.39 is 30.6 Å². The predicted molar refractivity (Wildman–Crippen MR) is 89.7 cm³/mol. The second-order valence-corrected chi connectivity index (χ2v) is 5.81. The molecule has 0 fully saturated rings. The summed E-state index contributed by atoms with van der Waals surface area (Å²) in [4.78, 5) is 26.7. The summed E-state index contributed by atoms with van der Waals surface area (Å²) >= 11 is 11.9. The van der Waals surface area contributed by atoms with Crippen molar-refractivity contribution in [1.82, 2.24) is 10.3 Å².